The van der Waals surface area contributed by atoms with Crippen LogP contribution in [0.5, 0.6) is 11.5 Å². The van der Waals surface area contributed by atoms with E-state index in [9.17, 15) is 4.39 Å². The number of halogens is 1. The van der Waals surface area contributed by atoms with Gasteiger partial charge in [-0.3, -0.25) is 0 Å². The molecule has 0 aromatic heterocycles. The summed E-state index contributed by atoms with van der Waals surface area (Å²) in [6.45, 7) is 3.81. The summed E-state index contributed by atoms with van der Waals surface area (Å²) in [6.07, 6.45) is 0. The van der Waals surface area contributed by atoms with E-state index in [-0.39, 0.29) is 11.3 Å². The Morgan fingerprint density at radius 2 is 1.78 bits per heavy atom. The number of rotatable bonds is 2. The van der Waals surface area contributed by atoms with E-state index in [1.165, 1.54) is 18.2 Å². The summed E-state index contributed by atoms with van der Waals surface area (Å²) >= 11 is 0. The van der Waals surface area contributed by atoms with Gasteiger partial charge in [0.2, 0.25) is 0 Å². The van der Waals surface area contributed by atoms with Gasteiger partial charge in [-0.1, -0.05) is 18.2 Å². The lowest BCUT2D eigenvalue weighted by Crippen LogP contribution is -1.93. The molecule has 0 heterocycles. The van der Waals surface area contributed by atoms with Crippen LogP contribution in [0.3, 0.4) is 0 Å². The molecule has 0 N–H and O–H groups in total. The molecule has 0 unspecified atom stereocenters. The van der Waals surface area contributed by atoms with Crippen LogP contribution < -0.4 is 4.74 Å². The number of hydrogen-bond acceptors (Lipinski definition) is 2. The third-order valence-corrected chi connectivity index (χ3v) is 2.68. The average Bonchev–Trinajstić information content (AvgIpc) is 2.35. The molecule has 2 nitrogen and oxygen atoms in total. The molecule has 2 aromatic carbocycles. The van der Waals surface area contributed by atoms with Crippen LogP contribution >= 0.6 is 0 Å². The number of nitrogens with zero attached hydrogens (tertiary/aromatic N) is 1. The second-order valence-corrected chi connectivity index (χ2v) is 4.08. The first kappa shape index (κ1) is 12.1. The quantitative estimate of drug-likeness (QED) is 0.792. The van der Waals surface area contributed by atoms with Crippen LogP contribution in [0.1, 0.15) is 16.7 Å². The van der Waals surface area contributed by atoms with E-state index < -0.39 is 5.82 Å². The molecule has 0 bridgehead atoms. The van der Waals surface area contributed by atoms with Gasteiger partial charge in [-0.25, -0.2) is 4.39 Å². The standard InChI is InChI=1S/C15H12FNO/c1-10-4-3-5-11(2)15(10)18-14-7-6-12(9-17)8-13(14)16/h3-8H,1-2H3. The van der Waals surface area contributed by atoms with Crippen LogP contribution in [0.15, 0.2) is 36.4 Å². The Morgan fingerprint density at radius 1 is 1.11 bits per heavy atom. The van der Waals surface area contributed by atoms with Crippen LogP contribution in [0, 0.1) is 31.0 Å². The van der Waals surface area contributed by atoms with E-state index >= 15 is 0 Å². The molecule has 3 heteroatoms. The highest BCUT2D eigenvalue weighted by Crippen LogP contribution is 2.30. The number of para-hydroxylation sites is 1. The highest BCUT2D eigenvalue weighted by molar-refractivity contribution is 5.44. The first-order chi connectivity index (χ1) is 8.61. The maximum atomic E-state index is 13.7. The van der Waals surface area contributed by atoms with Crippen molar-refractivity contribution in [3.8, 4) is 17.6 Å². The van der Waals surface area contributed by atoms with Crippen LogP contribution in [0.4, 0.5) is 4.39 Å². The van der Waals surface area contributed by atoms with Crippen LogP contribution in [-0.2, 0) is 0 Å². The summed E-state index contributed by atoms with van der Waals surface area (Å²) in [7, 11) is 0. The minimum absolute atomic E-state index is 0.131. The molecule has 0 amide bonds. The SMILES string of the molecule is Cc1cccc(C)c1Oc1ccc(C#N)cc1F. The number of hydrogen-bond donors (Lipinski definition) is 0. The first-order valence-electron chi connectivity index (χ1n) is 5.55. The van der Waals surface area contributed by atoms with Crippen molar-refractivity contribution in [1.29, 1.82) is 5.26 Å². The van der Waals surface area contributed by atoms with Crippen molar-refractivity contribution in [3.63, 3.8) is 0 Å². The maximum Gasteiger partial charge on any atom is 0.167 e. The molecular weight excluding hydrogens is 229 g/mol. The number of nitriles is 1. The van der Waals surface area contributed by atoms with Crippen molar-refractivity contribution in [3.05, 3.63) is 58.9 Å². The molecule has 0 saturated heterocycles. The second-order valence-electron chi connectivity index (χ2n) is 4.08. The van der Waals surface area contributed by atoms with Gasteiger partial charge in [-0.05, 0) is 43.2 Å². The summed E-state index contributed by atoms with van der Waals surface area (Å²) < 4.78 is 19.3. The molecule has 0 fully saturated rings. The Morgan fingerprint density at radius 3 is 2.33 bits per heavy atom. The Bertz CT molecular complexity index is 609. The Kier molecular flexibility index (Phi) is 3.29. The van der Waals surface area contributed by atoms with Gasteiger partial charge in [0, 0.05) is 0 Å². The summed E-state index contributed by atoms with van der Waals surface area (Å²) in [5, 5.41) is 8.67. The van der Waals surface area contributed by atoms with E-state index in [0.717, 1.165) is 11.1 Å². The van der Waals surface area contributed by atoms with Gasteiger partial charge in [0.1, 0.15) is 5.75 Å². The van der Waals surface area contributed by atoms with Crippen molar-refractivity contribution < 1.29 is 9.13 Å². The van der Waals surface area contributed by atoms with E-state index in [4.69, 9.17) is 10.00 Å². The zero-order valence-corrected chi connectivity index (χ0v) is 10.2. The fourth-order valence-electron chi connectivity index (χ4n) is 1.72. The lowest BCUT2D eigenvalue weighted by Gasteiger charge is -2.12. The monoisotopic (exact) mass is 241 g/mol. The van der Waals surface area contributed by atoms with Crippen LogP contribution in [0.25, 0.3) is 0 Å². The summed E-state index contributed by atoms with van der Waals surface area (Å²) in [4.78, 5) is 0. The summed E-state index contributed by atoms with van der Waals surface area (Å²) in [6, 6.07) is 11.8. The smallest absolute Gasteiger partial charge is 0.167 e. The molecule has 0 saturated carbocycles. The van der Waals surface area contributed by atoms with Crippen molar-refractivity contribution in [2.75, 3.05) is 0 Å². The van der Waals surface area contributed by atoms with Gasteiger partial charge in [0.05, 0.1) is 11.6 Å². The molecule has 2 aromatic rings. The van der Waals surface area contributed by atoms with E-state index in [0.29, 0.717) is 5.75 Å². The molecule has 0 radical (unpaired) electrons. The van der Waals surface area contributed by atoms with Crippen LogP contribution in [0.2, 0.25) is 0 Å². The predicted molar refractivity (Wildman–Crippen MR) is 67.1 cm³/mol. The minimum atomic E-state index is -0.531. The molecule has 0 aliphatic heterocycles. The molecule has 0 atom stereocenters. The minimum Gasteiger partial charge on any atom is -0.454 e. The van der Waals surface area contributed by atoms with Crippen molar-refractivity contribution in [1.82, 2.24) is 0 Å². The fraction of sp³-hybridized carbons (Fsp3) is 0.133. The van der Waals surface area contributed by atoms with Gasteiger partial charge in [-0.2, -0.15) is 5.26 Å². The van der Waals surface area contributed by atoms with E-state index in [1.807, 2.05) is 38.1 Å². The molecular formula is C15H12FNO. The number of aryl methyl sites for hydroxylation is 2. The van der Waals surface area contributed by atoms with E-state index in [2.05, 4.69) is 0 Å². The third kappa shape index (κ3) is 2.33. The summed E-state index contributed by atoms with van der Waals surface area (Å²) in [5.41, 5.74) is 2.17. The number of ether oxygens (including phenoxy) is 1. The van der Waals surface area contributed by atoms with Crippen molar-refractivity contribution >= 4 is 0 Å². The highest BCUT2D eigenvalue weighted by atomic mass is 19.1. The highest BCUT2D eigenvalue weighted by Gasteiger charge is 2.09. The lowest BCUT2D eigenvalue weighted by molar-refractivity contribution is 0.437. The molecule has 0 aliphatic rings. The van der Waals surface area contributed by atoms with Gasteiger partial charge in [0.25, 0.3) is 0 Å². The zero-order valence-electron chi connectivity index (χ0n) is 10.2. The Hall–Kier alpha value is -2.34. The molecule has 0 spiro atoms. The Balaban J connectivity index is 2.38. The van der Waals surface area contributed by atoms with Gasteiger partial charge in [-0.15, -0.1) is 0 Å². The van der Waals surface area contributed by atoms with Crippen molar-refractivity contribution in [2.24, 2.45) is 0 Å². The maximum absolute atomic E-state index is 13.7. The molecule has 90 valence electrons. The molecule has 0 aliphatic carbocycles. The third-order valence-electron chi connectivity index (χ3n) is 2.68. The average molecular weight is 241 g/mol. The normalized spacial score (nSPS) is 9.89. The van der Waals surface area contributed by atoms with Crippen molar-refractivity contribution in [2.45, 2.75) is 13.8 Å². The number of benzene rings is 2. The Labute approximate surface area is 105 Å². The summed E-state index contributed by atoms with van der Waals surface area (Å²) in [5.74, 6) is 0.254. The molecule has 18 heavy (non-hydrogen) atoms. The fourth-order valence-corrected chi connectivity index (χ4v) is 1.72. The zero-order chi connectivity index (χ0) is 13.1. The predicted octanol–water partition coefficient (Wildman–Crippen LogP) is 4.11. The first-order valence-corrected chi connectivity index (χ1v) is 5.55. The van der Waals surface area contributed by atoms with E-state index in [1.54, 1.807) is 0 Å². The largest absolute Gasteiger partial charge is 0.454 e. The topological polar surface area (TPSA) is 33.0 Å². The lowest BCUT2D eigenvalue weighted by atomic mass is 10.1. The van der Waals surface area contributed by atoms with Crippen LogP contribution in [-0.4, -0.2) is 0 Å². The molecule has 2 rings (SSSR count). The van der Waals surface area contributed by atoms with Gasteiger partial charge < -0.3 is 4.74 Å². The van der Waals surface area contributed by atoms with Gasteiger partial charge in [0.15, 0.2) is 11.6 Å². The second kappa shape index (κ2) is 4.89. The van der Waals surface area contributed by atoms with Gasteiger partial charge >= 0.3 is 0 Å².